The van der Waals surface area contributed by atoms with E-state index in [1.165, 1.54) is 31.5 Å². The van der Waals surface area contributed by atoms with Crippen molar-refractivity contribution in [1.82, 2.24) is 14.7 Å². The number of nitrogens with zero attached hydrogens (tertiary/aromatic N) is 3. The summed E-state index contributed by atoms with van der Waals surface area (Å²) in [7, 11) is 3.91. The maximum Gasteiger partial charge on any atom is 0.226 e. The van der Waals surface area contributed by atoms with E-state index in [-0.39, 0.29) is 12.0 Å². The van der Waals surface area contributed by atoms with Crippen LogP contribution >= 0.6 is 0 Å². The fraction of sp³-hybridized carbons (Fsp3) is 0.682. The molecule has 1 amide bonds. The molecule has 0 N–H and O–H groups in total. The van der Waals surface area contributed by atoms with Gasteiger partial charge in [0.1, 0.15) is 5.75 Å². The summed E-state index contributed by atoms with van der Waals surface area (Å²) >= 11 is 0. The molecule has 3 heterocycles. The molecule has 5 heteroatoms. The van der Waals surface area contributed by atoms with Crippen molar-refractivity contribution in [3.8, 4) is 5.75 Å². The molecule has 3 aliphatic heterocycles. The molecule has 3 fully saturated rings. The molecule has 0 saturated carbocycles. The Morgan fingerprint density at radius 1 is 1.00 bits per heavy atom. The summed E-state index contributed by atoms with van der Waals surface area (Å²) in [6.07, 6.45) is 5.66. The Hall–Kier alpha value is -1.59. The lowest BCUT2D eigenvalue weighted by Gasteiger charge is -2.45. The Morgan fingerprint density at radius 2 is 1.74 bits per heavy atom. The van der Waals surface area contributed by atoms with E-state index < -0.39 is 0 Å². The van der Waals surface area contributed by atoms with Gasteiger partial charge in [0, 0.05) is 18.5 Å². The predicted octanol–water partition coefficient (Wildman–Crippen LogP) is 2.77. The lowest BCUT2D eigenvalue weighted by Crippen LogP contribution is -2.52. The highest BCUT2D eigenvalue weighted by atomic mass is 16.5. The third kappa shape index (κ3) is 3.99. The fourth-order valence-electron chi connectivity index (χ4n) is 4.95. The second-order valence-electron chi connectivity index (χ2n) is 8.46. The van der Waals surface area contributed by atoms with Crippen LogP contribution in [0.5, 0.6) is 5.75 Å². The van der Waals surface area contributed by atoms with Crippen molar-refractivity contribution in [2.75, 3.05) is 46.9 Å². The van der Waals surface area contributed by atoms with Crippen LogP contribution in [0.4, 0.5) is 0 Å². The Kier molecular flexibility index (Phi) is 5.69. The average Bonchev–Trinajstić information content (AvgIpc) is 2.68. The van der Waals surface area contributed by atoms with E-state index in [1.54, 1.807) is 7.11 Å². The van der Waals surface area contributed by atoms with Crippen molar-refractivity contribution in [3.63, 3.8) is 0 Å². The van der Waals surface area contributed by atoms with Gasteiger partial charge in [-0.05, 0) is 83.0 Å². The minimum Gasteiger partial charge on any atom is -0.497 e. The number of rotatable bonds is 4. The van der Waals surface area contributed by atoms with E-state index in [0.717, 1.165) is 50.7 Å². The van der Waals surface area contributed by atoms with Crippen LogP contribution in [-0.2, 0) is 4.79 Å². The van der Waals surface area contributed by atoms with E-state index in [1.807, 2.05) is 12.1 Å². The molecule has 3 aliphatic rings. The lowest BCUT2D eigenvalue weighted by molar-refractivity contribution is -0.145. The molecular formula is C22H33N3O2. The molecule has 0 bridgehead atoms. The van der Waals surface area contributed by atoms with Gasteiger partial charge in [-0.25, -0.2) is 0 Å². The first-order valence-electron chi connectivity index (χ1n) is 10.5. The molecule has 27 heavy (non-hydrogen) atoms. The van der Waals surface area contributed by atoms with Crippen molar-refractivity contribution in [3.05, 3.63) is 29.8 Å². The number of hydrogen-bond donors (Lipinski definition) is 0. The highest BCUT2D eigenvalue weighted by Gasteiger charge is 2.38. The zero-order valence-corrected chi connectivity index (χ0v) is 16.8. The molecule has 1 aromatic carbocycles. The van der Waals surface area contributed by atoms with Gasteiger partial charge < -0.3 is 19.4 Å². The first-order chi connectivity index (χ1) is 13.2. The highest BCUT2D eigenvalue weighted by Crippen LogP contribution is 2.37. The van der Waals surface area contributed by atoms with E-state index in [9.17, 15) is 4.79 Å². The van der Waals surface area contributed by atoms with Crippen molar-refractivity contribution >= 4 is 5.91 Å². The molecule has 1 atom stereocenters. The molecule has 0 unspecified atom stereocenters. The molecule has 0 aliphatic carbocycles. The molecule has 148 valence electrons. The second kappa shape index (κ2) is 8.19. The number of likely N-dealkylation sites (tertiary alicyclic amines) is 3. The zero-order valence-electron chi connectivity index (χ0n) is 16.8. The summed E-state index contributed by atoms with van der Waals surface area (Å²) in [6, 6.07) is 9.15. The summed E-state index contributed by atoms with van der Waals surface area (Å²) in [5, 5.41) is 0. The number of piperidine rings is 2. The van der Waals surface area contributed by atoms with Gasteiger partial charge in [0.15, 0.2) is 0 Å². The van der Waals surface area contributed by atoms with Crippen LogP contribution in [0.25, 0.3) is 0 Å². The van der Waals surface area contributed by atoms with Gasteiger partial charge in [0.05, 0.1) is 13.2 Å². The number of benzene rings is 1. The van der Waals surface area contributed by atoms with Crippen LogP contribution in [-0.4, -0.2) is 73.5 Å². The third-order valence-electron chi connectivity index (χ3n) is 6.86. The number of ether oxygens (including phenoxy) is 1. The summed E-state index contributed by atoms with van der Waals surface area (Å²) in [5.74, 6) is 1.45. The van der Waals surface area contributed by atoms with Gasteiger partial charge in [0.2, 0.25) is 5.91 Å². The minimum atomic E-state index is 0.209. The molecule has 0 spiro atoms. The van der Waals surface area contributed by atoms with E-state index in [2.05, 4.69) is 33.9 Å². The Labute approximate surface area is 163 Å². The van der Waals surface area contributed by atoms with Crippen molar-refractivity contribution in [1.29, 1.82) is 0 Å². The summed E-state index contributed by atoms with van der Waals surface area (Å²) in [4.78, 5) is 20.3. The fourth-order valence-corrected chi connectivity index (χ4v) is 4.95. The number of hydrogen-bond acceptors (Lipinski definition) is 4. The Bertz CT molecular complexity index is 649. The van der Waals surface area contributed by atoms with Crippen molar-refractivity contribution < 1.29 is 9.53 Å². The highest BCUT2D eigenvalue weighted by molar-refractivity contribution is 5.80. The number of amides is 1. The van der Waals surface area contributed by atoms with E-state index in [0.29, 0.717) is 5.91 Å². The van der Waals surface area contributed by atoms with Crippen LogP contribution in [0.1, 0.15) is 43.7 Å². The first kappa shape index (κ1) is 18.8. The molecule has 5 nitrogen and oxygen atoms in total. The predicted molar refractivity (Wildman–Crippen MR) is 107 cm³/mol. The quantitative estimate of drug-likeness (QED) is 0.815. The smallest absolute Gasteiger partial charge is 0.226 e. The van der Waals surface area contributed by atoms with E-state index in [4.69, 9.17) is 4.74 Å². The monoisotopic (exact) mass is 371 g/mol. The second-order valence-corrected chi connectivity index (χ2v) is 8.46. The molecule has 0 aromatic heterocycles. The molecule has 0 radical (unpaired) electrons. The molecular weight excluding hydrogens is 338 g/mol. The normalized spacial score (nSPS) is 26.0. The third-order valence-corrected chi connectivity index (χ3v) is 6.86. The maximum absolute atomic E-state index is 13.1. The van der Waals surface area contributed by atoms with Crippen LogP contribution in [0, 0.1) is 5.92 Å². The van der Waals surface area contributed by atoms with Crippen LogP contribution in [0.3, 0.4) is 0 Å². The largest absolute Gasteiger partial charge is 0.497 e. The topological polar surface area (TPSA) is 36.0 Å². The number of methoxy groups -OCH3 is 1. The summed E-state index contributed by atoms with van der Waals surface area (Å²) in [6.45, 7) is 5.49. The van der Waals surface area contributed by atoms with Gasteiger partial charge in [-0.3, -0.25) is 4.79 Å². The summed E-state index contributed by atoms with van der Waals surface area (Å²) < 4.78 is 5.35. The number of carbonyl (C=O) groups excluding carboxylic acids is 1. The SMILES string of the molecule is COc1cccc([C@H]2CCN2C(=O)C2CCN(C3CCN(C)CC3)CC2)c1. The van der Waals surface area contributed by atoms with Gasteiger partial charge in [-0.15, -0.1) is 0 Å². The van der Waals surface area contributed by atoms with Crippen LogP contribution in [0.15, 0.2) is 24.3 Å². The van der Waals surface area contributed by atoms with Gasteiger partial charge in [-0.2, -0.15) is 0 Å². The maximum atomic E-state index is 13.1. The van der Waals surface area contributed by atoms with Gasteiger partial charge in [-0.1, -0.05) is 12.1 Å². The van der Waals surface area contributed by atoms with Gasteiger partial charge in [0.25, 0.3) is 0 Å². The molecule has 1 aromatic rings. The van der Waals surface area contributed by atoms with Gasteiger partial charge >= 0.3 is 0 Å². The van der Waals surface area contributed by atoms with Crippen molar-refractivity contribution in [2.45, 2.75) is 44.2 Å². The van der Waals surface area contributed by atoms with Crippen molar-refractivity contribution in [2.24, 2.45) is 5.92 Å². The zero-order chi connectivity index (χ0) is 18.8. The standard InChI is InChI=1S/C22H33N3O2/c1-23-11-8-19(9-12-23)24-13-6-17(7-14-24)22(26)25-15-10-21(25)18-4-3-5-20(16-18)27-2/h3-5,16-17,19,21H,6-15H2,1-2H3/t21-/m1/s1. The molecule has 3 saturated heterocycles. The molecule has 4 rings (SSSR count). The Balaban J connectivity index is 1.31. The van der Waals surface area contributed by atoms with Crippen LogP contribution in [0.2, 0.25) is 0 Å². The lowest BCUT2D eigenvalue weighted by atomic mass is 9.88. The summed E-state index contributed by atoms with van der Waals surface area (Å²) in [5.41, 5.74) is 1.21. The minimum absolute atomic E-state index is 0.209. The van der Waals surface area contributed by atoms with E-state index >= 15 is 0 Å². The average molecular weight is 372 g/mol. The number of carbonyl (C=O) groups is 1. The first-order valence-corrected chi connectivity index (χ1v) is 10.5. The Morgan fingerprint density at radius 3 is 2.37 bits per heavy atom. The van der Waals surface area contributed by atoms with Crippen LogP contribution < -0.4 is 4.74 Å².